The van der Waals surface area contributed by atoms with Crippen molar-refractivity contribution in [3.8, 4) is 22.3 Å². The summed E-state index contributed by atoms with van der Waals surface area (Å²) in [4.78, 5) is 16.6. The Hall–Kier alpha value is -5.14. The summed E-state index contributed by atoms with van der Waals surface area (Å²) < 4.78 is 10.2. The van der Waals surface area contributed by atoms with Gasteiger partial charge in [-0.2, -0.15) is 8.75 Å². The van der Waals surface area contributed by atoms with Gasteiger partial charge in [-0.25, -0.2) is 9.97 Å². The first-order chi connectivity index (χ1) is 27.2. The third-order valence-electron chi connectivity index (χ3n) is 12.2. The van der Waals surface area contributed by atoms with Crippen molar-refractivity contribution in [2.45, 2.75) is 78.1 Å². The third kappa shape index (κ3) is 5.90. The second-order valence-electron chi connectivity index (χ2n) is 15.7. The van der Waals surface area contributed by atoms with Crippen LogP contribution in [0.15, 0.2) is 84.9 Å². The Morgan fingerprint density at radius 2 is 1.07 bits per heavy atom. The molecule has 55 heavy (non-hydrogen) atoms. The van der Waals surface area contributed by atoms with Crippen molar-refractivity contribution in [3.05, 3.63) is 96.1 Å². The smallest absolute Gasteiger partial charge is 0.279 e. The first-order valence-electron chi connectivity index (χ1n) is 20.7. The van der Waals surface area contributed by atoms with E-state index in [1.165, 1.54) is 96.4 Å². The maximum absolute atomic E-state index is 5.72. The summed E-state index contributed by atoms with van der Waals surface area (Å²) in [5, 5.41) is 4.65. The summed E-state index contributed by atoms with van der Waals surface area (Å²) >= 11 is 1.30. The van der Waals surface area contributed by atoms with Crippen LogP contribution in [0.1, 0.15) is 76.3 Å². The molecule has 2 aliphatic rings. The molecule has 8 aromatic rings. The summed E-state index contributed by atoms with van der Waals surface area (Å²) in [6.45, 7) is 9.06. The highest BCUT2D eigenvalue weighted by atomic mass is 32.1. The van der Waals surface area contributed by atoms with Crippen LogP contribution in [-0.2, 0) is 12.8 Å². The van der Waals surface area contributed by atoms with Gasteiger partial charge in [0.1, 0.15) is 0 Å². The Bertz CT molecular complexity index is 2550. The van der Waals surface area contributed by atoms with E-state index in [-0.39, 0.29) is 0 Å². The highest BCUT2D eigenvalue weighted by molar-refractivity contribution is 7.00. The van der Waals surface area contributed by atoms with E-state index in [9.17, 15) is 0 Å². The molecule has 0 amide bonds. The maximum Gasteiger partial charge on any atom is 0.279 e. The van der Waals surface area contributed by atoms with Crippen LogP contribution in [0.5, 0.6) is 0 Å². The van der Waals surface area contributed by atoms with E-state index >= 15 is 0 Å². The van der Waals surface area contributed by atoms with Gasteiger partial charge < -0.3 is 9.80 Å². The monoisotopic (exact) mass is 740 g/mol. The standard InChI is InChI=1S/C48H48N6S/c1-3-5-11-25-53-27-13-15-31-29-33(21-23-39(31)53)41-45-46(50-44-38-20-10-8-18-36(38)35-17-7-9-19-37(35)43(44)49-45)42(48-47(41)51-55-52-48)34-22-24-40-32(30-34)16-14-28-54(40)26-12-6-4-2/h7-10,17-24,29-30H,3-6,11-16,25-28H2,1-2H3. The fourth-order valence-electron chi connectivity index (χ4n) is 9.53. The number of hydrogen-bond donors (Lipinski definition) is 0. The Morgan fingerprint density at radius 3 is 1.62 bits per heavy atom. The third-order valence-corrected chi connectivity index (χ3v) is 12.7. The SMILES string of the molecule is CCCCCN1CCCc2cc(-c3c4nc5c6ccccc6c6ccccc6c5nc4c(-c4ccc5c(c4)CCCN5CCCCC)c4[n-][s+]nc34)ccc21. The molecule has 0 saturated heterocycles. The van der Waals surface area contributed by atoms with Gasteiger partial charge in [-0.15, -0.1) is 0 Å². The minimum atomic E-state index is 0.901. The molecule has 0 fully saturated rings. The molecule has 0 radical (unpaired) electrons. The van der Waals surface area contributed by atoms with Gasteiger partial charge in [0.05, 0.1) is 22.1 Å². The molecule has 4 heterocycles. The van der Waals surface area contributed by atoms with Crippen LogP contribution < -0.4 is 14.2 Å². The number of nitrogens with zero attached hydrogens (tertiary/aromatic N) is 6. The van der Waals surface area contributed by atoms with E-state index in [2.05, 4.69) is 109 Å². The number of benzene rings is 6. The van der Waals surface area contributed by atoms with Gasteiger partial charge in [-0.3, -0.25) is 0 Å². The van der Waals surface area contributed by atoms with Crippen molar-refractivity contribution < 1.29 is 0 Å². The lowest BCUT2D eigenvalue weighted by molar-refractivity contribution is 0.638. The Kier molecular flexibility index (Phi) is 9.06. The molecular weight excluding hydrogens is 693 g/mol. The minimum absolute atomic E-state index is 0.901. The Labute approximate surface area is 327 Å². The van der Waals surface area contributed by atoms with E-state index in [0.717, 1.165) is 105 Å². The van der Waals surface area contributed by atoms with Crippen LogP contribution >= 0.6 is 11.7 Å². The average Bonchev–Trinajstić information content (AvgIpc) is 3.71. The Morgan fingerprint density at radius 1 is 0.564 bits per heavy atom. The number of aromatic nitrogens is 4. The van der Waals surface area contributed by atoms with Crippen molar-refractivity contribution in [2.24, 2.45) is 0 Å². The van der Waals surface area contributed by atoms with E-state index < -0.39 is 0 Å². The van der Waals surface area contributed by atoms with E-state index in [1.54, 1.807) is 0 Å². The zero-order chi connectivity index (χ0) is 36.9. The molecular formula is C48H48N6S. The lowest BCUT2D eigenvalue weighted by Crippen LogP contribution is -2.30. The van der Waals surface area contributed by atoms with E-state index in [1.807, 2.05) is 0 Å². The van der Waals surface area contributed by atoms with Crippen molar-refractivity contribution in [1.29, 1.82) is 0 Å². The zero-order valence-electron chi connectivity index (χ0n) is 32.1. The summed E-state index contributed by atoms with van der Waals surface area (Å²) in [6.07, 6.45) is 12.0. The van der Waals surface area contributed by atoms with Crippen LogP contribution in [0.4, 0.5) is 11.4 Å². The van der Waals surface area contributed by atoms with Gasteiger partial charge in [0, 0.05) is 70.5 Å². The summed E-state index contributed by atoms with van der Waals surface area (Å²) in [6, 6.07) is 31.5. The maximum atomic E-state index is 5.72. The fourth-order valence-corrected chi connectivity index (χ4v) is 10.1. The number of fused-ring (bicyclic) bond motifs is 10. The van der Waals surface area contributed by atoms with E-state index in [0.29, 0.717) is 0 Å². The second kappa shape index (κ2) is 14.5. The van der Waals surface area contributed by atoms with Crippen molar-refractivity contribution >= 4 is 77.7 Å². The first kappa shape index (κ1) is 34.4. The van der Waals surface area contributed by atoms with Gasteiger partial charge in [-0.05, 0) is 95.8 Å². The van der Waals surface area contributed by atoms with Crippen LogP contribution in [0.25, 0.3) is 76.9 Å². The van der Waals surface area contributed by atoms with Crippen LogP contribution in [0.2, 0.25) is 0 Å². The number of rotatable bonds is 10. The Balaban J connectivity index is 1.24. The van der Waals surface area contributed by atoms with Crippen LogP contribution in [-0.4, -0.2) is 40.5 Å². The normalized spacial score (nSPS) is 14.4. The molecule has 6 nitrogen and oxygen atoms in total. The topological polar surface area (TPSA) is 59.3 Å². The summed E-state index contributed by atoms with van der Waals surface area (Å²) in [5.74, 6) is 0. The largest absolute Gasteiger partial charge is 0.371 e. The molecule has 0 bridgehead atoms. The van der Waals surface area contributed by atoms with Crippen LogP contribution in [0, 0.1) is 0 Å². The molecule has 0 atom stereocenters. The first-order valence-corrected chi connectivity index (χ1v) is 21.4. The van der Waals surface area contributed by atoms with Gasteiger partial charge in [0.25, 0.3) is 11.7 Å². The fraction of sp³-hybridized carbons (Fsp3) is 0.333. The van der Waals surface area contributed by atoms with Crippen molar-refractivity contribution in [2.75, 3.05) is 36.0 Å². The predicted octanol–water partition coefficient (Wildman–Crippen LogP) is 12.2. The van der Waals surface area contributed by atoms with Crippen molar-refractivity contribution in [1.82, 2.24) is 18.7 Å². The molecule has 7 heteroatoms. The number of unbranched alkanes of at least 4 members (excludes halogenated alkanes) is 4. The summed E-state index contributed by atoms with van der Waals surface area (Å²) in [5.41, 5.74) is 15.5. The quantitative estimate of drug-likeness (QED) is 0.0602. The summed E-state index contributed by atoms with van der Waals surface area (Å²) in [7, 11) is 0. The number of anilines is 2. The molecule has 0 N–H and O–H groups in total. The highest BCUT2D eigenvalue weighted by Crippen LogP contribution is 2.45. The molecule has 6 aromatic carbocycles. The van der Waals surface area contributed by atoms with Crippen molar-refractivity contribution in [3.63, 3.8) is 0 Å². The molecule has 0 aliphatic carbocycles. The molecule has 0 spiro atoms. The number of hydrogen-bond acceptors (Lipinski definition) is 5. The molecule has 10 rings (SSSR count). The number of aryl methyl sites for hydroxylation is 2. The average molecular weight is 741 g/mol. The lowest BCUT2D eigenvalue weighted by atomic mass is 9.90. The second-order valence-corrected chi connectivity index (χ2v) is 16.2. The van der Waals surface area contributed by atoms with E-state index in [4.69, 9.17) is 18.7 Å². The van der Waals surface area contributed by atoms with Crippen LogP contribution in [0.3, 0.4) is 0 Å². The molecule has 2 aliphatic heterocycles. The molecule has 276 valence electrons. The predicted molar refractivity (Wildman–Crippen MR) is 234 cm³/mol. The molecule has 0 saturated carbocycles. The zero-order valence-corrected chi connectivity index (χ0v) is 32.9. The molecule has 2 aromatic heterocycles. The van der Waals surface area contributed by atoms with Gasteiger partial charge in [0.2, 0.25) is 0 Å². The van der Waals surface area contributed by atoms with Gasteiger partial charge >= 0.3 is 0 Å². The molecule has 0 unspecified atom stereocenters. The minimum Gasteiger partial charge on any atom is -0.371 e. The lowest BCUT2D eigenvalue weighted by Gasteiger charge is -2.32. The highest BCUT2D eigenvalue weighted by Gasteiger charge is 2.26. The van der Waals surface area contributed by atoms with Gasteiger partial charge in [0.15, 0.2) is 0 Å². The van der Waals surface area contributed by atoms with Gasteiger partial charge in [-0.1, -0.05) is 100 Å².